The number of aliphatic carboxylic acids is 1. The van der Waals surface area contributed by atoms with Crippen LogP contribution in [0.25, 0.3) is 10.9 Å². The molecule has 0 saturated heterocycles. The van der Waals surface area contributed by atoms with E-state index in [1.807, 2.05) is 26.0 Å². The van der Waals surface area contributed by atoms with Crippen molar-refractivity contribution in [3.8, 4) is 0 Å². The Bertz CT molecular complexity index is 806. The maximum absolute atomic E-state index is 11.8. The average Bonchev–Trinajstić information content (AvgIpc) is 2.46. The van der Waals surface area contributed by atoms with E-state index in [-0.39, 0.29) is 19.0 Å². The lowest BCUT2D eigenvalue weighted by Crippen LogP contribution is -2.06. The molecule has 0 aliphatic heterocycles. The molecule has 0 fully saturated rings. The summed E-state index contributed by atoms with van der Waals surface area (Å²) in [5, 5.41) is 9.68. The normalized spacial score (nSPS) is 13.9. The highest BCUT2D eigenvalue weighted by Gasteiger charge is 2.22. The van der Waals surface area contributed by atoms with Crippen molar-refractivity contribution in [3.63, 3.8) is 0 Å². The Morgan fingerprint density at radius 1 is 1.30 bits per heavy atom. The summed E-state index contributed by atoms with van der Waals surface area (Å²) in [6.07, 6.45) is -0.262. The fourth-order valence-corrected chi connectivity index (χ4v) is 3.13. The van der Waals surface area contributed by atoms with Crippen LogP contribution in [0, 0.1) is 13.8 Å². The first-order chi connectivity index (χ1) is 10.7. The highest BCUT2D eigenvalue weighted by atomic mass is 31.2. The van der Waals surface area contributed by atoms with Crippen molar-refractivity contribution >= 4 is 24.5 Å². The van der Waals surface area contributed by atoms with Gasteiger partial charge in [0.1, 0.15) is 0 Å². The fourth-order valence-electron chi connectivity index (χ4n) is 2.36. The molecule has 1 unspecified atom stereocenters. The van der Waals surface area contributed by atoms with Gasteiger partial charge in [-0.3, -0.25) is 14.3 Å². The summed E-state index contributed by atoms with van der Waals surface area (Å²) in [5.74, 6) is 3.90. The van der Waals surface area contributed by atoms with Crippen LogP contribution in [0.4, 0.5) is 0 Å². The van der Waals surface area contributed by atoms with Crippen molar-refractivity contribution in [2.45, 2.75) is 32.9 Å². The molecular formula is C15H19N2O5P. The van der Waals surface area contributed by atoms with E-state index in [0.717, 1.165) is 22.0 Å². The number of aromatic nitrogens is 1. The molecule has 8 heteroatoms. The van der Waals surface area contributed by atoms with Gasteiger partial charge in [-0.25, -0.2) is 10.5 Å². The van der Waals surface area contributed by atoms with Gasteiger partial charge < -0.3 is 10.00 Å². The third kappa shape index (κ3) is 4.36. The van der Waals surface area contributed by atoms with Crippen molar-refractivity contribution in [3.05, 3.63) is 40.6 Å². The van der Waals surface area contributed by atoms with Gasteiger partial charge in [0, 0.05) is 17.5 Å². The van der Waals surface area contributed by atoms with Crippen LogP contribution >= 0.6 is 7.60 Å². The van der Waals surface area contributed by atoms with Gasteiger partial charge in [0.2, 0.25) is 0 Å². The zero-order valence-corrected chi connectivity index (χ0v) is 13.8. The molecule has 2 rings (SSSR count). The highest BCUT2D eigenvalue weighted by molar-refractivity contribution is 7.51. The number of carboxylic acids is 1. The first kappa shape index (κ1) is 17.6. The van der Waals surface area contributed by atoms with Gasteiger partial charge in [0.05, 0.1) is 18.1 Å². The number of aryl methyl sites for hydroxylation is 3. The quantitative estimate of drug-likeness (QED) is 0.546. The molecule has 0 spiro atoms. The van der Waals surface area contributed by atoms with Crippen LogP contribution in [-0.2, 0) is 26.6 Å². The Labute approximate surface area is 133 Å². The summed E-state index contributed by atoms with van der Waals surface area (Å²) in [6, 6.07) is 5.60. The van der Waals surface area contributed by atoms with E-state index in [4.69, 9.17) is 11.0 Å². The van der Waals surface area contributed by atoms with Crippen molar-refractivity contribution in [2.24, 2.45) is 5.90 Å². The van der Waals surface area contributed by atoms with Gasteiger partial charge in [0.25, 0.3) is 0 Å². The SMILES string of the molecule is Cc1cc2cc(CP(=O)(O)ON)c(CCC(=O)O)nc2cc1C. The Morgan fingerprint density at radius 2 is 1.96 bits per heavy atom. The molecule has 2 aromatic rings. The highest BCUT2D eigenvalue weighted by Crippen LogP contribution is 2.44. The minimum Gasteiger partial charge on any atom is -0.481 e. The van der Waals surface area contributed by atoms with E-state index >= 15 is 0 Å². The number of nitrogens with two attached hydrogens (primary N) is 1. The van der Waals surface area contributed by atoms with Gasteiger partial charge in [-0.05, 0) is 48.7 Å². The number of pyridine rings is 1. The van der Waals surface area contributed by atoms with Crippen molar-refractivity contribution in [1.82, 2.24) is 4.98 Å². The van der Waals surface area contributed by atoms with Crippen molar-refractivity contribution in [2.75, 3.05) is 0 Å². The van der Waals surface area contributed by atoms with Crippen LogP contribution in [0.3, 0.4) is 0 Å². The third-order valence-corrected chi connectivity index (χ3v) is 4.78. The van der Waals surface area contributed by atoms with Crippen LogP contribution in [0.15, 0.2) is 18.2 Å². The summed E-state index contributed by atoms with van der Waals surface area (Å²) in [7, 11) is -3.98. The minimum absolute atomic E-state index is 0.116. The zero-order chi connectivity index (χ0) is 17.2. The summed E-state index contributed by atoms with van der Waals surface area (Å²) in [6.45, 7) is 3.93. The second kappa shape index (κ2) is 6.76. The molecule has 1 aromatic heterocycles. The Balaban J connectivity index is 2.55. The number of fused-ring (bicyclic) bond motifs is 1. The maximum atomic E-state index is 11.8. The van der Waals surface area contributed by atoms with Crippen molar-refractivity contribution in [1.29, 1.82) is 0 Å². The standard InChI is InChI=1S/C15H19N2O5P/c1-9-5-11-7-12(8-23(20,21)22-16)13(3-4-15(18)19)17-14(11)6-10(9)2/h5-7H,3-4,8,16H2,1-2H3,(H,18,19)(H,20,21). The molecule has 0 amide bonds. The monoisotopic (exact) mass is 338 g/mol. The summed E-state index contributed by atoms with van der Waals surface area (Å²) in [4.78, 5) is 24.9. The predicted octanol–water partition coefficient (Wildman–Crippen LogP) is 2.44. The summed E-state index contributed by atoms with van der Waals surface area (Å²) < 4.78 is 15.9. The van der Waals surface area contributed by atoms with E-state index in [1.54, 1.807) is 6.07 Å². The molecule has 1 atom stereocenters. The molecule has 0 aliphatic carbocycles. The minimum atomic E-state index is -3.98. The molecule has 4 N–H and O–H groups in total. The lowest BCUT2D eigenvalue weighted by molar-refractivity contribution is -0.136. The number of nitrogens with zero attached hydrogens (tertiary/aromatic N) is 1. The lowest BCUT2D eigenvalue weighted by Gasteiger charge is -2.14. The number of carbonyl (C=O) groups is 1. The second-order valence-corrected chi connectivity index (χ2v) is 7.32. The van der Waals surface area contributed by atoms with Crippen LogP contribution in [0.5, 0.6) is 0 Å². The Kier molecular flexibility index (Phi) is 5.16. The molecule has 0 aliphatic rings. The number of carboxylic acid groups (broad SMARTS) is 1. The smallest absolute Gasteiger partial charge is 0.348 e. The van der Waals surface area contributed by atoms with E-state index in [0.29, 0.717) is 11.3 Å². The zero-order valence-electron chi connectivity index (χ0n) is 12.9. The van der Waals surface area contributed by atoms with Crippen LogP contribution in [0.2, 0.25) is 0 Å². The molecule has 1 aromatic carbocycles. The molecule has 7 nitrogen and oxygen atoms in total. The first-order valence-electron chi connectivity index (χ1n) is 7.03. The number of rotatable bonds is 6. The Morgan fingerprint density at radius 3 is 2.57 bits per heavy atom. The lowest BCUT2D eigenvalue weighted by atomic mass is 10.0. The topological polar surface area (TPSA) is 123 Å². The maximum Gasteiger partial charge on any atom is 0.348 e. The average molecular weight is 338 g/mol. The first-order valence-corrected chi connectivity index (χ1v) is 8.80. The van der Waals surface area contributed by atoms with Gasteiger partial charge in [0.15, 0.2) is 0 Å². The Hall–Kier alpha value is -1.79. The van der Waals surface area contributed by atoms with Crippen LogP contribution < -0.4 is 5.90 Å². The number of benzene rings is 1. The van der Waals surface area contributed by atoms with Crippen LogP contribution in [-0.4, -0.2) is 21.0 Å². The number of hydrogen-bond acceptors (Lipinski definition) is 5. The molecular weight excluding hydrogens is 319 g/mol. The largest absolute Gasteiger partial charge is 0.481 e. The van der Waals surface area contributed by atoms with Gasteiger partial charge in [-0.2, -0.15) is 0 Å². The predicted molar refractivity (Wildman–Crippen MR) is 86.0 cm³/mol. The molecule has 0 saturated carbocycles. The fraction of sp³-hybridized carbons (Fsp3) is 0.333. The molecule has 1 heterocycles. The van der Waals surface area contributed by atoms with Gasteiger partial charge in [-0.15, -0.1) is 0 Å². The van der Waals surface area contributed by atoms with E-state index in [1.165, 1.54) is 0 Å². The third-order valence-electron chi connectivity index (χ3n) is 3.71. The second-order valence-electron chi connectivity index (χ2n) is 5.52. The van der Waals surface area contributed by atoms with E-state index in [2.05, 4.69) is 9.61 Å². The summed E-state index contributed by atoms with van der Waals surface area (Å²) in [5.41, 5.74) is 3.80. The van der Waals surface area contributed by atoms with Gasteiger partial charge in [-0.1, -0.05) is 0 Å². The number of hydrogen-bond donors (Lipinski definition) is 3. The van der Waals surface area contributed by atoms with E-state index < -0.39 is 13.6 Å². The molecule has 124 valence electrons. The van der Waals surface area contributed by atoms with E-state index in [9.17, 15) is 14.3 Å². The molecule has 0 bridgehead atoms. The molecule has 23 heavy (non-hydrogen) atoms. The van der Waals surface area contributed by atoms with Gasteiger partial charge >= 0.3 is 13.6 Å². The molecule has 0 radical (unpaired) electrons. The van der Waals surface area contributed by atoms with Crippen LogP contribution in [0.1, 0.15) is 28.8 Å². The van der Waals surface area contributed by atoms with Crippen molar-refractivity contribution < 1.29 is 24.0 Å². The summed E-state index contributed by atoms with van der Waals surface area (Å²) >= 11 is 0.